The van der Waals surface area contributed by atoms with Crippen LogP contribution in [0.2, 0.25) is 29.6 Å². The summed E-state index contributed by atoms with van der Waals surface area (Å²) >= 11 is -4.24. The van der Waals surface area contributed by atoms with E-state index in [2.05, 4.69) is 50.1 Å². The Kier molecular flexibility index (Phi) is 3.27. The van der Waals surface area contributed by atoms with Gasteiger partial charge in [-0.3, -0.25) is 0 Å². The van der Waals surface area contributed by atoms with Gasteiger partial charge in [0, 0.05) is 0 Å². The summed E-state index contributed by atoms with van der Waals surface area (Å²) in [5, 5.41) is 17.2. The summed E-state index contributed by atoms with van der Waals surface area (Å²) in [6, 6.07) is 0. The van der Waals surface area contributed by atoms with Crippen molar-refractivity contribution in [3.8, 4) is 0 Å². The van der Waals surface area contributed by atoms with Crippen LogP contribution >= 0.6 is 0 Å². The fraction of sp³-hybridized carbons (Fsp3) is 0.800. The fourth-order valence-electron chi connectivity index (χ4n) is 2.39. The first-order valence-corrected chi connectivity index (χ1v) is 25.7. The van der Waals surface area contributed by atoms with Crippen molar-refractivity contribution in [1.29, 1.82) is 0 Å². The van der Waals surface area contributed by atoms with Gasteiger partial charge in [-0.2, -0.15) is 0 Å². The van der Waals surface area contributed by atoms with Crippen LogP contribution in [0.25, 0.3) is 0 Å². The summed E-state index contributed by atoms with van der Waals surface area (Å²) in [6.45, 7) is 0. The van der Waals surface area contributed by atoms with Gasteiger partial charge in [0.25, 0.3) is 0 Å². The fourth-order valence-corrected chi connectivity index (χ4v) is 27.2. The van der Waals surface area contributed by atoms with E-state index in [1.807, 2.05) is 0 Å². The van der Waals surface area contributed by atoms with Crippen molar-refractivity contribution >= 4 is 36.8 Å². The van der Waals surface area contributed by atoms with Crippen molar-refractivity contribution in [2.24, 2.45) is 20.5 Å². The third kappa shape index (κ3) is 2.23. The molecule has 0 aromatic rings. The molecular formula is C10H20N4Sn2. The number of hydrogen-bond acceptors (Lipinski definition) is 4. The molecule has 0 aromatic heterocycles. The van der Waals surface area contributed by atoms with Crippen LogP contribution in [-0.2, 0) is 0 Å². The Bertz CT molecular complexity index is 348. The van der Waals surface area contributed by atoms with Gasteiger partial charge in [-0.25, -0.2) is 0 Å². The van der Waals surface area contributed by atoms with Crippen molar-refractivity contribution in [1.82, 2.24) is 0 Å². The summed E-state index contributed by atoms with van der Waals surface area (Å²) in [6.07, 6.45) is -0.0709. The molecule has 0 N–H and O–H groups in total. The SMILES string of the molecule is [CH3][Sn]([CH3])([CH3])[C]1=[C]([Sn]([CH3])([CH3])[CH3])C2N=NC1N=N2. The van der Waals surface area contributed by atoms with Crippen LogP contribution in [0.15, 0.2) is 27.6 Å². The van der Waals surface area contributed by atoms with Crippen LogP contribution in [0.4, 0.5) is 0 Å². The van der Waals surface area contributed by atoms with E-state index in [0.29, 0.717) is 0 Å². The molecule has 0 saturated heterocycles. The van der Waals surface area contributed by atoms with Crippen molar-refractivity contribution in [3.05, 3.63) is 7.18 Å². The average Bonchev–Trinajstić information content (AvgIpc) is 2.15. The Morgan fingerprint density at radius 3 is 1.06 bits per heavy atom. The van der Waals surface area contributed by atoms with Gasteiger partial charge in [-0.15, -0.1) is 0 Å². The summed E-state index contributed by atoms with van der Waals surface area (Å²) in [5.41, 5.74) is 0. The molecule has 0 aromatic carbocycles. The predicted octanol–water partition coefficient (Wildman–Crippen LogP) is 3.62. The molecular weight excluding hydrogens is 414 g/mol. The van der Waals surface area contributed by atoms with Gasteiger partial charge >= 0.3 is 106 Å². The van der Waals surface area contributed by atoms with Gasteiger partial charge in [-0.1, -0.05) is 0 Å². The van der Waals surface area contributed by atoms with Crippen molar-refractivity contribution in [3.63, 3.8) is 0 Å². The van der Waals surface area contributed by atoms with Gasteiger partial charge in [0.05, 0.1) is 0 Å². The molecule has 16 heavy (non-hydrogen) atoms. The topological polar surface area (TPSA) is 49.4 Å². The summed E-state index contributed by atoms with van der Waals surface area (Å²) < 4.78 is 3.21. The maximum absolute atomic E-state index is 4.30. The molecule has 0 radical (unpaired) electrons. The molecule has 3 rings (SSSR count). The van der Waals surface area contributed by atoms with Crippen LogP contribution in [0.3, 0.4) is 0 Å². The molecule has 4 nitrogen and oxygen atoms in total. The Hall–Kier alpha value is 0.537. The monoisotopic (exact) mass is 436 g/mol. The van der Waals surface area contributed by atoms with Crippen LogP contribution in [0.5, 0.6) is 0 Å². The average molecular weight is 434 g/mol. The molecule has 88 valence electrons. The van der Waals surface area contributed by atoms with Crippen molar-refractivity contribution < 1.29 is 0 Å². The predicted molar refractivity (Wildman–Crippen MR) is 71.0 cm³/mol. The Labute approximate surface area is 105 Å². The van der Waals surface area contributed by atoms with E-state index in [9.17, 15) is 0 Å². The van der Waals surface area contributed by atoms with Gasteiger partial charge in [0.2, 0.25) is 0 Å². The molecule has 3 aliphatic rings. The number of azo groups is 2. The van der Waals surface area contributed by atoms with E-state index < -0.39 is 36.8 Å². The van der Waals surface area contributed by atoms with Crippen molar-refractivity contribution in [2.45, 2.75) is 42.0 Å². The molecule has 0 saturated carbocycles. The molecule has 0 amide bonds. The van der Waals surface area contributed by atoms with Gasteiger partial charge < -0.3 is 0 Å². The minimum absolute atomic E-state index is 0.0354. The molecule has 0 aliphatic carbocycles. The zero-order chi connectivity index (χ0) is 12.1. The standard InChI is InChI=1S/C4H2N4.6CH3.2Sn/c1-2-4-7-5-3(1)6-8-4;;;;;;;;/h3-4H;6*1H3;;. The van der Waals surface area contributed by atoms with E-state index in [4.69, 9.17) is 0 Å². The van der Waals surface area contributed by atoms with Crippen LogP contribution in [0.1, 0.15) is 0 Å². The first-order valence-electron chi connectivity index (χ1n) is 5.76. The van der Waals surface area contributed by atoms with E-state index >= 15 is 0 Å². The van der Waals surface area contributed by atoms with E-state index in [1.165, 1.54) is 0 Å². The first-order chi connectivity index (χ1) is 7.21. The number of rotatable bonds is 2. The molecule has 0 fully saturated rings. The quantitative estimate of drug-likeness (QED) is 0.597. The molecule has 2 bridgehead atoms. The van der Waals surface area contributed by atoms with Crippen molar-refractivity contribution in [2.75, 3.05) is 0 Å². The molecule has 3 heterocycles. The van der Waals surface area contributed by atoms with E-state index in [0.717, 1.165) is 0 Å². The summed E-state index contributed by atoms with van der Waals surface area (Å²) in [7, 11) is 0. The first kappa shape index (κ1) is 13.0. The second-order valence-corrected chi connectivity index (χ2v) is 35.3. The summed E-state index contributed by atoms with van der Waals surface area (Å²) in [5.74, 6) is 0. The van der Waals surface area contributed by atoms with Gasteiger partial charge in [-0.05, 0) is 0 Å². The second kappa shape index (κ2) is 4.03. The third-order valence-electron chi connectivity index (χ3n) is 2.99. The van der Waals surface area contributed by atoms with Crippen LogP contribution < -0.4 is 0 Å². The van der Waals surface area contributed by atoms with E-state index in [-0.39, 0.29) is 12.3 Å². The zero-order valence-electron chi connectivity index (χ0n) is 10.9. The third-order valence-corrected chi connectivity index (χ3v) is 17.3. The minimum atomic E-state index is -2.12. The number of hydrogen-bond donors (Lipinski definition) is 0. The number of nitrogens with zero attached hydrogens (tertiary/aromatic N) is 4. The normalized spacial score (nSPS) is 29.1. The zero-order valence-corrected chi connectivity index (χ0v) is 16.7. The molecule has 0 atom stereocenters. The Morgan fingerprint density at radius 2 is 0.875 bits per heavy atom. The van der Waals surface area contributed by atoms with Crippen LogP contribution in [-0.4, -0.2) is 49.1 Å². The Morgan fingerprint density at radius 1 is 0.625 bits per heavy atom. The van der Waals surface area contributed by atoms with E-state index in [1.54, 1.807) is 7.18 Å². The van der Waals surface area contributed by atoms with Crippen LogP contribution in [0, 0.1) is 0 Å². The molecule has 3 aliphatic heterocycles. The maximum atomic E-state index is 4.30. The van der Waals surface area contributed by atoms with Gasteiger partial charge in [0.1, 0.15) is 0 Å². The second-order valence-electron chi connectivity index (χ2n) is 6.54. The molecule has 6 heteroatoms. The molecule has 0 spiro atoms. The molecule has 0 unspecified atom stereocenters. The Balaban J connectivity index is 2.57. The van der Waals surface area contributed by atoms with Gasteiger partial charge in [0.15, 0.2) is 0 Å². The summed E-state index contributed by atoms with van der Waals surface area (Å²) in [4.78, 5) is 14.7.